The lowest BCUT2D eigenvalue weighted by Crippen LogP contribution is -2.12. The highest BCUT2D eigenvalue weighted by atomic mass is 19.1. The Hall–Kier alpha value is -2.40. The molecule has 21 heavy (non-hydrogen) atoms. The van der Waals surface area contributed by atoms with Gasteiger partial charge in [-0.05, 0) is 41.5 Å². The van der Waals surface area contributed by atoms with Gasteiger partial charge in [0.15, 0.2) is 0 Å². The van der Waals surface area contributed by atoms with Gasteiger partial charge in [-0.1, -0.05) is 12.1 Å². The summed E-state index contributed by atoms with van der Waals surface area (Å²) in [5.41, 5.74) is 7.34. The highest BCUT2D eigenvalue weighted by Crippen LogP contribution is 2.17. The molecule has 5 heteroatoms. The Kier molecular flexibility index (Phi) is 4.90. The maximum absolute atomic E-state index is 13.5. The summed E-state index contributed by atoms with van der Waals surface area (Å²) >= 11 is 0. The summed E-state index contributed by atoms with van der Waals surface area (Å²) in [6.45, 7) is 0.708. The number of rotatable bonds is 6. The topological polar surface area (TPSA) is 68.3 Å². The first-order valence-corrected chi connectivity index (χ1v) is 6.43. The van der Waals surface area contributed by atoms with Crippen LogP contribution in [0.2, 0.25) is 0 Å². The summed E-state index contributed by atoms with van der Waals surface area (Å²) in [6.07, 6.45) is 0. The SMILES string of the molecule is COCc1cccc(OCc2cc(F)cc(C(=N)N)c2)c1. The van der Waals surface area contributed by atoms with Crippen molar-refractivity contribution in [3.63, 3.8) is 0 Å². The minimum absolute atomic E-state index is 0.169. The molecule has 0 aliphatic heterocycles. The second kappa shape index (κ2) is 6.85. The van der Waals surface area contributed by atoms with E-state index in [-0.39, 0.29) is 12.4 Å². The van der Waals surface area contributed by atoms with Crippen LogP contribution in [-0.4, -0.2) is 12.9 Å². The van der Waals surface area contributed by atoms with Gasteiger partial charge < -0.3 is 15.2 Å². The number of hydrogen-bond acceptors (Lipinski definition) is 3. The molecule has 4 nitrogen and oxygen atoms in total. The van der Waals surface area contributed by atoms with Crippen LogP contribution in [0.25, 0.3) is 0 Å². The second-order valence-corrected chi connectivity index (χ2v) is 4.63. The molecule has 0 radical (unpaired) electrons. The smallest absolute Gasteiger partial charge is 0.124 e. The summed E-state index contributed by atoms with van der Waals surface area (Å²) in [5, 5.41) is 7.36. The predicted octanol–water partition coefficient (Wildman–Crippen LogP) is 2.84. The number of hydrogen-bond donors (Lipinski definition) is 2. The van der Waals surface area contributed by atoms with E-state index in [0.717, 1.165) is 5.56 Å². The zero-order chi connectivity index (χ0) is 15.2. The van der Waals surface area contributed by atoms with Crippen LogP contribution in [0.5, 0.6) is 5.75 Å². The van der Waals surface area contributed by atoms with Crippen LogP contribution in [-0.2, 0) is 18.0 Å². The van der Waals surface area contributed by atoms with E-state index in [1.165, 1.54) is 12.1 Å². The van der Waals surface area contributed by atoms with Crippen LogP contribution in [0.1, 0.15) is 16.7 Å². The molecule has 2 aromatic carbocycles. The van der Waals surface area contributed by atoms with Gasteiger partial charge in [-0.3, -0.25) is 5.41 Å². The number of nitrogens with one attached hydrogen (secondary N) is 1. The standard InChI is InChI=1S/C16H17FN2O2/c1-20-9-11-3-2-4-15(7-11)21-10-12-5-13(16(18)19)8-14(17)6-12/h2-8H,9-10H2,1H3,(H3,18,19). The maximum atomic E-state index is 13.5. The first-order valence-electron chi connectivity index (χ1n) is 6.43. The second-order valence-electron chi connectivity index (χ2n) is 4.63. The fourth-order valence-electron chi connectivity index (χ4n) is 1.95. The highest BCUT2D eigenvalue weighted by molar-refractivity contribution is 5.95. The molecule has 0 fully saturated rings. The Labute approximate surface area is 122 Å². The van der Waals surface area contributed by atoms with Crippen LogP contribution in [0.15, 0.2) is 42.5 Å². The Bertz CT molecular complexity index is 644. The zero-order valence-electron chi connectivity index (χ0n) is 11.7. The third-order valence-electron chi connectivity index (χ3n) is 2.88. The van der Waals surface area contributed by atoms with E-state index < -0.39 is 5.82 Å². The van der Waals surface area contributed by atoms with Gasteiger partial charge in [0.2, 0.25) is 0 Å². The molecule has 3 N–H and O–H groups in total. The van der Waals surface area contributed by atoms with E-state index >= 15 is 0 Å². The fraction of sp³-hybridized carbons (Fsp3) is 0.188. The van der Waals surface area contributed by atoms with Crippen molar-refractivity contribution in [1.82, 2.24) is 0 Å². The van der Waals surface area contributed by atoms with Gasteiger partial charge in [-0.2, -0.15) is 0 Å². The highest BCUT2D eigenvalue weighted by Gasteiger charge is 2.04. The van der Waals surface area contributed by atoms with Crippen molar-refractivity contribution in [3.05, 3.63) is 65.0 Å². The lowest BCUT2D eigenvalue weighted by atomic mass is 10.1. The Morgan fingerprint density at radius 2 is 1.95 bits per heavy atom. The number of benzene rings is 2. The monoisotopic (exact) mass is 288 g/mol. The largest absolute Gasteiger partial charge is 0.489 e. The summed E-state index contributed by atoms with van der Waals surface area (Å²) in [5.74, 6) is 0.0745. The first kappa shape index (κ1) is 15.0. The van der Waals surface area contributed by atoms with E-state index in [1.807, 2.05) is 24.3 Å². The van der Waals surface area contributed by atoms with E-state index in [2.05, 4.69) is 0 Å². The number of methoxy groups -OCH3 is 1. The van der Waals surface area contributed by atoms with Crippen LogP contribution in [0.4, 0.5) is 4.39 Å². The van der Waals surface area contributed by atoms with Gasteiger partial charge in [0.1, 0.15) is 24.0 Å². The number of ether oxygens (including phenoxy) is 2. The molecule has 0 spiro atoms. The Morgan fingerprint density at radius 3 is 2.67 bits per heavy atom. The number of nitrogens with two attached hydrogens (primary N) is 1. The predicted molar refractivity (Wildman–Crippen MR) is 78.9 cm³/mol. The van der Waals surface area contributed by atoms with E-state index in [0.29, 0.717) is 23.5 Å². The Morgan fingerprint density at radius 1 is 1.14 bits per heavy atom. The van der Waals surface area contributed by atoms with Gasteiger partial charge in [-0.25, -0.2) is 4.39 Å². The van der Waals surface area contributed by atoms with Gasteiger partial charge >= 0.3 is 0 Å². The van der Waals surface area contributed by atoms with Crippen LogP contribution in [0, 0.1) is 11.2 Å². The van der Waals surface area contributed by atoms with Gasteiger partial charge in [-0.15, -0.1) is 0 Å². The Balaban J connectivity index is 2.09. The third kappa shape index (κ3) is 4.29. The lowest BCUT2D eigenvalue weighted by molar-refractivity contribution is 0.184. The van der Waals surface area contributed by atoms with Crippen molar-refractivity contribution in [2.24, 2.45) is 5.73 Å². The normalized spacial score (nSPS) is 10.4. The molecule has 0 heterocycles. The summed E-state index contributed by atoms with van der Waals surface area (Å²) < 4.78 is 24.2. The van der Waals surface area contributed by atoms with E-state index in [4.69, 9.17) is 20.6 Å². The average Bonchev–Trinajstić information content (AvgIpc) is 2.45. The molecule has 0 aliphatic rings. The average molecular weight is 288 g/mol. The molecule has 0 unspecified atom stereocenters. The molecule has 0 amide bonds. The first-order chi connectivity index (χ1) is 10.1. The van der Waals surface area contributed by atoms with Crippen LogP contribution in [0.3, 0.4) is 0 Å². The molecule has 0 bridgehead atoms. The summed E-state index contributed by atoms with van der Waals surface area (Å²) in [6, 6.07) is 11.7. The van der Waals surface area contributed by atoms with Crippen molar-refractivity contribution in [2.75, 3.05) is 7.11 Å². The third-order valence-corrected chi connectivity index (χ3v) is 2.88. The molecule has 110 valence electrons. The molecule has 2 rings (SSSR count). The summed E-state index contributed by atoms with van der Waals surface area (Å²) in [4.78, 5) is 0. The molecule has 0 aliphatic carbocycles. The maximum Gasteiger partial charge on any atom is 0.124 e. The molecule has 2 aromatic rings. The fourth-order valence-corrected chi connectivity index (χ4v) is 1.95. The lowest BCUT2D eigenvalue weighted by Gasteiger charge is -2.09. The van der Waals surface area contributed by atoms with Crippen LogP contribution >= 0.6 is 0 Å². The quantitative estimate of drug-likeness (QED) is 0.634. The minimum atomic E-state index is -0.436. The summed E-state index contributed by atoms with van der Waals surface area (Å²) in [7, 11) is 1.63. The number of amidine groups is 1. The van der Waals surface area contributed by atoms with Gasteiger partial charge in [0.25, 0.3) is 0 Å². The van der Waals surface area contributed by atoms with Crippen molar-refractivity contribution in [1.29, 1.82) is 5.41 Å². The molecular weight excluding hydrogens is 271 g/mol. The zero-order valence-corrected chi connectivity index (χ0v) is 11.7. The molecular formula is C16H17FN2O2. The van der Waals surface area contributed by atoms with Gasteiger partial charge in [0.05, 0.1) is 6.61 Å². The molecule has 0 aromatic heterocycles. The minimum Gasteiger partial charge on any atom is -0.489 e. The van der Waals surface area contributed by atoms with Crippen molar-refractivity contribution < 1.29 is 13.9 Å². The van der Waals surface area contributed by atoms with Crippen molar-refractivity contribution >= 4 is 5.84 Å². The molecule has 0 saturated carbocycles. The van der Waals surface area contributed by atoms with Crippen LogP contribution < -0.4 is 10.5 Å². The van der Waals surface area contributed by atoms with Crippen molar-refractivity contribution in [2.45, 2.75) is 13.2 Å². The van der Waals surface area contributed by atoms with Crippen molar-refractivity contribution in [3.8, 4) is 5.75 Å². The van der Waals surface area contributed by atoms with E-state index in [9.17, 15) is 4.39 Å². The number of nitrogen functional groups attached to an aromatic ring is 1. The number of halogens is 1. The van der Waals surface area contributed by atoms with E-state index in [1.54, 1.807) is 13.2 Å². The molecule has 0 saturated heterocycles. The van der Waals surface area contributed by atoms with Gasteiger partial charge in [0, 0.05) is 12.7 Å². The molecule has 0 atom stereocenters.